The molecule has 168 valence electrons. The van der Waals surface area contributed by atoms with Gasteiger partial charge in [0.25, 0.3) is 0 Å². The number of carboxylic acids is 2. The number of aliphatic carboxylic acids is 2. The molecule has 2 N–H and O–H groups in total. The summed E-state index contributed by atoms with van der Waals surface area (Å²) in [5.74, 6) is -2.15. The number of hydrogen-bond donors (Lipinski definition) is 2. The van der Waals surface area contributed by atoms with E-state index < -0.39 is 23.3 Å². The number of unbranched alkanes of at least 4 members (excludes halogenated alkanes) is 13. The quantitative estimate of drug-likeness (QED) is 0.177. The maximum absolute atomic E-state index is 10.1. The van der Waals surface area contributed by atoms with Gasteiger partial charge in [-0.25, -0.2) is 4.21 Å². The first-order valence-corrected chi connectivity index (χ1v) is 11.6. The van der Waals surface area contributed by atoms with Crippen LogP contribution in [0.4, 0.5) is 0 Å². The number of rotatable bonds is 19. The van der Waals surface area contributed by atoms with E-state index in [1.807, 2.05) is 0 Å². The molecule has 0 aliphatic carbocycles. The van der Waals surface area contributed by atoms with Crippen LogP contribution in [-0.2, 0) is 25.1 Å². The molecule has 0 aromatic carbocycles. The summed E-state index contributed by atoms with van der Waals surface area (Å²) in [4.78, 5) is 19.3. The van der Waals surface area contributed by atoms with Crippen LogP contribution in [0.15, 0.2) is 0 Å². The van der Waals surface area contributed by atoms with Gasteiger partial charge in [-0.3, -0.25) is 9.59 Å². The molecule has 0 bridgehead atoms. The molecule has 0 aliphatic rings. The van der Waals surface area contributed by atoms with Gasteiger partial charge < -0.3 is 18.9 Å². The predicted molar refractivity (Wildman–Crippen MR) is 110 cm³/mol. The van der Waals surface area contributed by atoms with Gasteiger partial charge in [-0.15, -0.1) is 0 Å². The summed E-state index contributed by atoms with van der Waals surface area (Å²) < 4.78 is 24.7. The Bertz CT molecular complexity index is 381. The summed E-state index contributed by atoms with van der Waals surface area (Å²) >= 11 is -2.33. The second-order valence-corrected chi connectivity index (χ2v) is 7.55. The molecule has 0 radical (unpaired) electrons. The van der Waals surface area contributed by atoms with Crippen molar-refractivity contribution in [2.24, 2.45) is 0 Å². The van der Waals surface area contributed by atoms with Crippen LogP contribution in [0.5, 0.6) is 0 Å². The van der Waals surface area contributed by atoms with Crippen LogP contribution in [0.25, 0.3) is 0 Å². The molecule has 0 heterocycles. The Kier molecular flexibility index (Phi) is 32.5. The Morgan fingerprint density at radius 1 is 0.724 bits per heavy atom. The molecule has 0 saturated heterocycles. The topological polar surface area (TPSA) is 124 Å². The molecule has 0 spiro atoms. The Hall–Kier alpha value is 0.0100. The maximum Gasteiger partial charge on any atom is 1.00 e. The molecule has 0 rings (SSSR count). The van der Waals surface area contributed by atoms with Crippen LogP contribution in [0.2, 0.25) is 0 Å². The summed E-state index contributed by atoms with van der Waals surface area (Å²) in [7, 11) is 0. The van der Waals surface area contributed by atoms with E-state index in [0.29, 0.717) is 6.61 Å². The zero-order chi connectivity index (χ0) is 21.5. The van der Waals surface area contributed by atoms with E-state index in [1.165, 1.54) is 77.0 Å². The third-order valence-electron chi connectivity index (χ3n) is 4.23. The zero-order valence-corrected chi connectivity index (χ0v) is 21.2. The Balaban J connectivity index is -0.000000636. The van der Waals surface area contributed by atoms with E-state index in [-0.39, 0.29) is 42.4 Å². The molecule has 0 fully saturated rings. The fourth-order valence-corrected chi connectivity index (χ4v) is 2.89. The third kappa shape index (κ3) is 39.1. The second kappa shape index (κ2) is 28.0. The van der Waals surface area contributed by atoms with Gasteiger partial charge in [0.15, 0.2) is 0 Å². The molecule has 29 heavy (non-hydrogen) atoms. The average molecular weight is 447 g/mol. The van der Waals surface area contributed by atoms with Gasteiger partial charge in [0.2, 0.25) is 0 Å². The molecule has 9 heteroatoms. The number of carboxylic acid groups (broad SMARTS) is 2. The monoisotopic (exact) mass is 446 g/mol. The fraction of sp³-hybridized carbons (Fsp3) is 0.900. The van der Waals surface area contributed by atoms with Gasteiger partial charge in [0, 0.05) is 0 Å². The van der Waals surface area contributed by atoms with Gasteiger partial charge in [0.1, 0.15) is 0 Å². The molecule has 0 aromatic rings. The first-order valence-electron chi connectivity index (χ1n) is 10.6. The van der Waals surface area contributed by atoms with E-state index >= 15 is 0 Å². The number of hydrogen-bond acceptors (Lipinski definition) is 5. The van der Waals surface area contributed by atoms with Gasteiger partial charge in [0.05, 0.1) is 30.8 Å². The summed E-state index contributed by atoms with van der Waals surface area (Å²) in [5, 5.41) is 15.8. The molecule has 0 aliphatic heterocycles. The van der Waals surface area contributed by atoms with Gasteiger partial charge in [-0.1, -0.05) is 90.4 Å². The van der Waals surface area contributed by atoms with Crippen molar-refractivity contribution >= 4 is 23.3 Å². The van der Waals surface area contributed by atoms with Gasteiger partial charge in [-0.05, 0) is 6.42 Å². The largest absolute Gasteiger partial charge is 1.00 e. The van der Waals surface area contributed by atoms with E-state index in [2.05, 4.69) is 11.1 Å². The Morgan fingerprint density at radius 3 is 1.31 bits per heavy atom. The SMILES string of the molecule is CCCCCCCCCCCCCCCCOS(=O)[O-].O=C(O)CCC(=O)O.[Na+]. The van der Waals surface area contributed by atoms with E-state index in [1.54, 1.807) is 0 Å². The molecule has 1 atom stereocenters. The van der Waals surface area contributed by atoms with Crippen molar-refractivity contribution < 1.29 is 62.3 Å². The van der Waals surface area contributed by atoms with Crippen molar-refractivity contribution in [2.75, 3.05) is 6.61 Å². The summed E-state index contributed by atoms with van der Waals surface area (Å²) in [6, 6.07) is 0. The third-order valence-corrected chi connectivity index (χ3v) is 4.59. The van der Waals surface area contributed by atoms with Crippen LogP contribution in [0.3, 0.4) is 0 Å². The van der Waals surface area contributed by atoms with Crippen molar-refractivity contribution in [1.29, 1.82) is 0 Å². The van der Waals surface area contributed by atoms with Crippen molar-refractivity contribution in [3.8, 4) is 0 Å². The molecule has 0 aromatic heterocycles. The first kappa shape index (κ1) is 33.6. The van der Waals surface area contributed by atoms with E-state index in [4.69, 9.17) is 10.2 Å². The first-order chi connectivity index (χ1) is 13.4. The molecular weight excluding hydrogens is 407 g/mol. The van der Waals surface area contributed by atoms with Crippen molar-refractivity contribution in [2.45, 2.75) is 110 Å². The van der Waals surface area contributed by atoms with Crippen LogP contribution in [0.1, 0.15) is 110 Å². The summed E-state index contributed by atoms with van der Waals surface area (Å²) in [5.41, 5.74) is 0. The van der Waals surface area contributed by atoms with Crippen LogP contribution < -0.4 is 29.6 Å². The van der Waals surface area contributed by atoms with Crippen LogP contribution in [-0.4, -0.2) is 37.5 Å². The molecule has 0 saturated carbocycles. The van der Waals surface area contributed by atoms with E-state index in [9.17, 15) is 18.4 Å². The standard InChI is InChI=1S/C16H34O3S.C4H6O4.Na/c1-2-3-4-5-6-7-8-9-10-11-12-13-14-15-16-19-20(17)18;5-3(6)1-2-4(7)8;/h2-16H2,1H3,(H,17,18);1-2H2,(H,5,6)(H,7,8);/q;;+1/p-1. The van der Waals surface area contributed by atoms with Gasteiger partial charge >= 0.3 is 41.5 Å². The zero-order valence-electron chi connectivity index (χ0n) is 18.4. The fourth-order valence-electron chi connectivity index (χ4n) is 2.64. The minimum Gasteiger partial charge on any atom is -0.750 e. The average Bonchev–Trinajstić information content (AvgIpc) is 2.63. The number of carbonyl (C=O) groups is 2. The van der Waals surface area contributed by atoms with Crippen molar-refractivity contribution in [3.05, 3.63) is 0 Å². The molecule has 7 nitrogen and oxygen atoms in total. The minimum absolute atomic E-state index is 0. The molecular formula is C20H39NaO7S. The normalized spacial score (nSPS) is 11.1. The second-order valence-electron chi connectivity index (χ2n) is 6.91. The Morgan fingerprint density at radius 2 is 1.03 bits per heavy atom. The van der Waals surface area contributed by atoms with E-state index in [0.717, 1.165) is 12.8 Å². The molecule has 1 unspecified atom stereocenters. The summed E-state index contributed by atoms with van der Waals surface area (Å²) in [6.45, 7) is 2.60. The van der Waals surface area contributed by atoms with Crippen molar-refractivity contribution in [3.63, 3.8) is 0 Å². The van der Waals surface area contributed by atoms with Gasteiger partial charge in [-0.2, -0.15) is 0 Å². The van der Waals surface area contributed by atoms with Crippen molar-refractivity contribution in [1.82, 2.24) is 0 Å². The summed E-state index contributed by atoms with van der Waals surface area (Å²) in [6.07, 6.45) is 17.7. The van der Waals surface area contributed by atoms with Crippen LogP contribution in [0, 0.1) is 0 Å². The molecule has 0 amide bonds. The van der Waals surface area contributed by atoms with Crippen LogP contribution >= 0.6 is 0 Å². The Labute approximate surface area is 201 Å². The predicted octanol–water partition coefficient (Wildman–Crippen LogP) is 2.22. The minimum atomic E-state index is -2.33. The maximum atomic E-state index is 10.1. The smallest absolute Gasteiger partial charge is 0.750 e.